The van der Waals surface area contributed by atoms with E-state index >= 15 is 0 Å². The number of H-pyrrole nitrogens is 1. The number of rotatable bonds is 3. The number of pyridine rings is 1. The van der Waals surface area contributed by atoms with Gasteiger partial charge in [0, 0.05) is 31.3 Å². The lowest BCUT2D eigenvalue weighted by Gasteiger charge is -2.35. The van der Waals surface area contributed by atoms with E-state index in [4.69, 9.17) is 4.98 Å². The Morgan fingerprint density at radius 1 is 1.18 bits per heavy atom. The molecule has 2 aliphatic rings. The van der Waals surface area contributed by atoms with Crippen molar-refractivity contribution in [1.82, 2.24) is 29.5 Å². The second-order valence-electron chi connectivity index (χ2n) is 7.44. The van der Waals surface area contributed by atoms with Crippen molar-refractivity contribution in [2.75, 3.05) is 11.4 Å². The summed E-state index contributed by atoms with van der Waals surface area (Å²) in [7, 11) is 0. The zero-order chi connectivity index (χ0) is 18.7. The maximum atomic E-state index is 14.3. The molecule has 1 aliphatic carbocycles. The van der Waals surface area contributed by atoms with Gasteiger partial charge in [0.05, 0.1) is 35.3 Å². The van der Waals surface area contributed by atoms with Gasteiger partial charge in [-0.3, -0.25) is 4.98 Å². The van der Waals surface area contributed by atoms with Crippen molar-refractivity contribution in [3.8, 4) is 0 Å². The quantitative estimate of drug-likeness (QED) is 0.596. The van der Waals surface area contributed by atoms with Crippen molar-refractivity contribution in [3.63, 3.8) is 0 Å². The van der Waals surface area contributed by atoms with Crippen LogP contribution < -0.4 is 4.90 Å². The van der Waals surface area contributed by atoms with Crippen LogP contribution in [0.15, 0.2) is 43.1 Å². The largest absolute Gasteiger partial charge is 0.346 e. The van der Waals surface area contributed by atoms with Crippen LogP contribution in [0.25, 0.3) is 5.52 Å². The molecule has 0 aromatic carbocycles. The molecule has 1 aliphatic heterocycles. The molecule has 28 heavy (non-hydrogen) atoms. The smallest absolute Gasteiger partial charge is 0.148 e. The van der Waals surface area contributed by atoms with Gasteiger partial charge in [-0.15, -0.1) is 0 Å². The molecule has 1 fully saturated rings. The monoisotopic (exact) mass is 375 g/mol. The predicted octanol–water partition coefficient (Wildman–Crippen LogP) is 3.02. The van der Waals surface area contributed by atoms with Gasteiger partial charge in [-0.2, -0.15) is 5.10 Å². The fraction of sp³-hybridized carbons (Fsp3) is 0.300. The summed E-state index contributed by atoms with van der Waals surface area (Å²) in [4.78, 5) is 19.2. The molecule has 0 radical (unpaired) electrons. The summed E-state index contributed by atoms with van der Waals surface area (Å²) in [5.41, 5.74) is 4.27. The third kappa shape index (κ3) is 2.41. The summed E-state index contributed by atoms with van der Waals surface area (Å²) in [5, 5.41) is 4.66. The molecule has 0 saturated heterocycles. The van der Waals surface area contributed by atoms with Gasteiger partial charge < -0.3 is 9.88 Å². The van der Waals surface area contributed by atoms with Gasteiger partial charge in [-0.1, -0.05) is 0 Å². The van der Waals surface area contributed by atoms with Crippen LogP contribution in [0.1, 0.15) is 47.6 Å². The molecule has 0 bridgehead atoms. The van der Waals surface area contributed by atoms with Gasteiger partial charge in [0.15, 0.2) is 0 Å². The van der Waals surface area contributed by atoms with Crippen molar-refractivity contribution >= 4 is 11.3 Å². The molecule has 4 aromatic heterocycles. The standard InChI is InChI=1S/C20H18FN7/c21-13-2-1-6-28-17(13)8-15(26-28)20-19-14(23-11-24-19)5-7-27(20)18-10-22-9-16(25-18)12-3-4-12/h1-2,6,8-12,20H,3-5,7H2,(H,23,24)/t20-/m1/s1. The number of hydrogen-bond donors (Lipinski definition) is 1. The fourth-order valence-electron chi connectivity index (χ4n) is 4.05. The highest BCUT2D eigenvalue weighted by molar-refractivity contribution is 5.54. The lowest BCUT2D eigenvalue weighted by molar-refractivity contribution is 0.606. The van der Waals surface area contributed by atoms with E-state index < -0.39 is 0 Å². The molecule has 0 unspecified atom stereocenters. The predicted molar refractivity (Wildman–Crippen MR) is 101 cm³/mol. The van der Waals surface area contributed by atoms with Gasteiger partial charge in [0.25, 0.3) is 0 Å². The zero-order valence-electron chi connectivity index (χ0n) is 15.1. The van der Waals surface area contributed by atoms with E-state index in [9.17, 15) is 4.39 Å². The van der Waals surface area contributed by atoms with Crippen LogP contribution in [0.4, 0.5) is 10.2 Å². The molecule has 7 nitrogen and oxygen atoms in total. The van der Waals surface area contributed by atoms with Gasteiger partial charge >= 0.3 is 0 Å². The zero-order valence-corrected chi connectivity index (χ0v) is 15.1. The van der Waals surface area contributed by atoms with Gasteiger partial charge in [-0.25, -0.2) is 18.9 Å². The number of halogens is 1. The van der Waals surface area contributed by atoms with Gasteiger partial charge in [-0.05, 0) is 31.0 Å². The number of hydrogen-bond acceptors (Lipinski definition) is 5. The molecule has 1 atom stereocenters. The lowest BCUT2D eigenvalue weighted by Crippen LogP contribution is -2.37. The highest BCUT2D eigenvalue weighted by Crippen LogP contribution is 2.40. The molecule has 0 amide bonds. The summed E-state index contributed by atoms with van der Waals surface area (Å²) >= 11 is 0. The topological polar surface area (TPSA) is 75.0 Å². The minimum atomic E-state index is -0.288. The minimum Gasteiger partial charge on any atom is -0.346 e. The van der Waals surface area contributed by atoms with Crippen LogP contribution in [-0.4, -0.2) is 36.1 Å². The van der Waals surface area contributed by atoms with Crippen molar-refractivity contribution in [2.24, 2.45) is 0 Å². The maximum absolute atomic E-state index is 14.3. The minimum absolute atomic E-state index is 0.214. The Labute approximate surface area is 160 Å². The summed E-state index contributed by atoms with van der Waals surface area (Å²) in [5.74, 6) is 1.07. The van der Waals surface area contributed by atoms with E-state index in [2.05, 4.69) is 25.0 Å². The Balaban J connectivity index is 1.50. The van der Waals surface area contributed by atoms with E-state index in [1.54, 1.807) is 35.4 Å². The second kappa shape index (κ2) is 5.85. The Bertz CT molecular complexity index is 1180. The molecule has 1 N–H and O–H groups in total. The number of fused-ring (bicyclic) bond motifs is 2. The third-order valence-electron chi connectivity index (χ3n) is 5.61. The lowest BCUT2D eigenvalue weighted by atomic mass is 10.00. The van der Waals surface area contributed by atoms with Crippen LogP contribution >= 0.6 is 0 Å². The number of anilines is 1. The molecule has 140 valence electrons. The first kappa shape index (κ1) is 15.7. The molecule has 6 rings (SSSR count). The number of nitrogens with one attached hydrogen (secondary N) is 1. The van der Waals surface area contributed by atoms with Crippen molar-refractivity contribution in [3.05, 3.63) is 71.7 Å². The molecule has 0 spiro atoms. The number of nitrogens with zero attached hydrogens (tertiary/aromatic N) is 6. The molecule has 1 saturated carbocycles. The normalized spacial score (nSPS) is 19.2. The Hall–Kier alpha value is -3.29. The Morgan fingerprint density at radius 2 is 2.11 bits per heavy atom. The van der Waals surface area contributed by atoms with Crippen LogP contribution in [0, 0.1) is 5.82 Å². The van der Waals surface area contributed by atoms with E-state index in [1.165, 1.54) is 18.9 Å². The molecular weight excluding hydrogens is 357 g/mol. The highest BCUT2D eigenvalue weighted by Gasteiger charge is 2.35. The van der Waals surface area contributed by atoms with Crippen LogP contribution in [0.5, 0.6) is 0 Å². The number of aromatic nitrogens is 6. The van der Waals surface area contributed by atoms with Crippen molar-refractivity contribution in [1.29, 1.82) is 0 Å². The average molecular weight is 375 g/mol. The van der Waals surface area contributed by atoms with Crippen LogP contribution in [0.2, 0.25) is 0 Å². The molecule has 4 aromatic rings. The van der Waals surface area contributed by atoms with Crippen molar-refractivity contribution in [2.45, 2.75) is 31.2 Å². The molecule has 8 heteroatoms. The second-order valence-corrected chi connectivity index (χ2v) is 7.44. The van der Waals surface area contributed by atoms with E-state index in [-0.39, 0.29) is 11.9 Å². The summed E-state index contributed by atoms with van der Waals surface area (Å²) < 4.78 is 15.8. The van der Waals surface area contributed by atoms with Crippen LogP contribution in [-0.2, 0) is 6.42 Å². The Kier molecular flexibility index (Phi) is 3.29. The van der Waals surface area contributed by atoms with Crippen LogP contribution in [0.3, 0.4) is 0 Å². The SMILES string of the molecule is Fc1cccn2nc([C@@H]3c4[nH]cnc4CCN3c3cncc(C4CC4)n3)cc12. The first-order chi connectivity index (χ1) is 13.8. The van der Waals surface area contributed by atoms with E-state index in [0.717, 1.165) is 41.6 Å². The number of imidazole rings is 1. The fourth-order valence-corrected chi connectivity index (χ4v) is 4.05. The van der Waals surface area contributed by atoms with E-state index in [0.29, 0.717) is 11.4 Å². The van der Waals surface area contributed by atoms with E-state index in [1.807, 2.05) is 6.20 Å². The first-order valence-corrected chi connectivity index (χ1v) is 9.52. The van der Waals surface area contributed by atoms with Gasteiger partial charge in [0.1, 0.15) is 23.2 Å². The summed E-state index contributed by atoms with van der Waals surface area (Å²) in [6.45, 7) is 0.752. The highest BCUT2D eigenvalue weighted by atomic mass is 19.1. The number of aromatic amines is 1. The maximum Gasteiger partial charge on any atom is 0.148 e. The summed E-state index contributed by atoms with van der Waals surface area (Å²) in [6, 6.07) is 4.70. The summed E-state index contributed by atoms with van der Waals surface area (Å²) in [6.07, 6.45) is 10.3. The van der Waals surface area contributed by atoms with Crippen molar-refractivity contribution < 1.29 is 4.39 Å². The third-order valence-corrected chi connectivity index (χ3v) is 5.61. The molecule has 5 heterocycles. The first-order valence-electron chi connectivity index (χ1n) is 9.52. The Morgan fingerprint density at radius 3 is 2.96 bits per heavy atom. The molecular formula is C20H18FN7. The average Bonchev–Trinajstić information content (AvgIpc) is 3.30. The van der Waals surface area contributed by atoms with Gasteiger partial charge in [0.2, 0.25) is 0 Å².